The normalized spacial score (nSPS) is 10.2. The fourth-order valence-corrected chi connectivity index (χ4v) is 2.66. The van der Waals surface area contributed by atoms with Crippen LogP contribution in [0.25, 0.3) is 0 Å². The van der Waals surface area contributed by atoms with E-state index in [2.05, 4.69) is 20.9 Å². The minimum absolute atomic E-state index is 0.123. The van der Waals surface area contributed by atoms with E-state index in [-0.39, 0.29) is 11.8 Å². The zero-order valence-corrected chi connectivity index (χ0v) is 16.0. The van der Waals surface area contributed by atoms with Crippen LogP contribution in [0.15, 0.2) is 60.8 Å². The Hall–Kier alpha value is -3.67. The molecule has 0 atom stereocenters. The number of anilines is 4. The Labute approximate surface area is 164 Å². The highest BCUT2D eigenvalue weighted by Crippen LogP contribution is 2.21. The van der Waals surface area contributed by atoms with Gasteiger partial charge in [-0.3, -0.25) is 9.59 Å². The molecule has 3 N–H and O–H groups in total. The van der Waals surface area contributed by atoms with Crippen molar-refractivity contribution >= 4 is 34.7 Å². The first-order chi connectivity index (χ1) is 13.4. The Kier molecular flexibility index (Phi) is 5.69. The maximum absolute atomic E-state index is 12.4. The van der Waals surface area contributed by atoms with Crippen LogP contribution < -0.4 is 16.0 Å². The van der Waals surface area contributed by atoms with E-state index in [4.69, 9.17) is 0 Å². The number of pyridine rings is 1. The Morgan fingerprint density at radius 1 is 0.821 bits per heavy atom. The van der Waals surface area contributed by atoms with E-state index >= 15 is 0 Å². The minimum Gasteiger partial charge on any atom is -0.354 e. The highest BCUT2D eigenvalue weighted by molar-refractivity contribution is 6.04. The van der Waals surface area contributed by atoms with Crippen molar-refractivity contribution < 1.29 is 9.59 Å². The van der Waals surface area contributed by atoms with Gasteiger partial charge in [0.25, 0.3) is 5.91 Å². The monoisotopic (exact) mass is 374 g/mol. The van der Waals surface area contributed by atoms with Crippen LogP contribution in [0.1, 0.15) is 28.4 Å². The van der Waals surface area contributed by atoms with Crippen LogP contribution in [0.4, 0.5) is 22.9 Å². The summed E-state index contributed by atoms with van der Waals surface area (Å²) in [7, 11) is 0. The molecule has 0 fully saturated rings. The molecule has 2 aromatic carbocycles. The third-order valence-electron chi connectivity index (χ3n) is 4.25. The summed E-state index contributed by atoms with van der Waals surface area (Å²) in [6.07, 6.45) is 1.64. The smallest absolute Gasteiger partial charge is 0.256 e. The van der Waals surface area contributed by atoms with Gasteiger partial charge in [-0.2, -0.15) is 0 Å². The predicted octanol–water partition coefficient (Wildman–Crippen LogP) is 4.65. The number of hydrogen-bond donors (Lipinski definition) is 3. The molecule has 3 rings (SSSR count). The van der Waals surface area contributed by atoms with Crippen LogP contribution in [-0.4, -0.2) is 16.8 Å². The summed E-state index contributed by atoms with van der Waals surface area (Å²) >= 11 is 0. The van der Waals surface area contributed by atoms with Gasteiger partial charge < -0.3 is 16.0 Å². The molecule has 3 aromatic rings. The van der Waals surface area contributed by atoms with E-state index in [1.807, 2.05) is 56.3 Å². The molecule has 1 aromatic heterocycles. The minimum atomic E-state index is -0.195. The van der Waals surface area contributed by atoms with Gasteiger partial charge in [-0.1, -0.05) is 12.1 Å². The molecule has 0 bridgehead atoms. The van der Waals surface area contributed by atoms with E-state index in [1.54, 1.807) is 18.3 Å². The van der Waals surface area contributed by atoms with Crippen molar-refractivity contribution in [1.82, 2.24) is 4.98 Å². The lowest BCUT2D eigenvalue weighted by Crippen LogP contribution is -2.13. The van der Waals surface area contributed by atoms with Gasteiger partial charge in [0, 0.05) is 23.9 Å². The first-order valence-electron chi connectivity index (χ1n) is 8.90. The Balaban J connectivity index is 1.65. The number of nitrogens with zero attached hydrogens (tertiary/aromatic N) is 1. The summed E-state index contributed by atoms with van der Waals surface area (Å²) in [4.78, 5) is 27.8. The van der Waals surface area contributed by atoms with Crippen LogP contribution >= 0.6 is 0 Å². The van der Waals surface area contributed by atoms with E-state index < -0.39 is 0 Å². The Bertz CT molecular complexity index is 1010. The molecule has 0 aliphatic rings. The summed E-state index contributed by atoms with van der Waals surface area (Å²) in [5, 5.41) is 8.76. The second kappa shape index (κ2) is 8.35. The number of hydrogen-bond acceptors (Lipinski definition) is 4. The van der Waals surface area contributed by atoms with Crippen LogP contribution in [0.3, 0.4) is 0 Å². The lowest BCUT2D eigenvalue weighted by atomic mass is 10.1. The molecule has 142 valence electrons. The van der Waals surface area contributed by atoms with Gasteiger partial charge in [0.1, 0.15) is 5.82 Å². The molecule has 6 heteroatoms. The quantitative estimate of drug-likeness (QED) is 0.607. The molecule has 28 heavy (non-hydrogen) atoms. The number of rotatable bonds is 5. The van der Waals surface area contributed by atoms with Crippen molar-refractivity contribution in [3.63, 3.8) is 0 Å². The third-order valence-corrected chi connectivity index (χ3v) is 4.25. The maximum atomic E-state index is 12.4. The van der Waals surface area contributed by atoms with Crippen LogP contribution in [-0.2, 0) is 4.79 Å². The largest absolute Gasteiger partial charge is 0.354 e. The van der Waals surface area contributed by atoms with Gasteiger partial charge in [-0.05, 0) is 67.4 Å². The number of aryl methyl sites for hydroxylation is 2. The molecule has 1 heterocycles. The summed E-state index contributed by atoms with van der Waals surface area (Å²) in [5.74, 6) is 0.155. The topological polar surface area (TPSA) is 83.1 Å². The van der Waals surface area contributed by atoms with Crippen LogP contribution in [0.5, 0.6) is 0 Å². The first-order valence-corrected chi connectivity index (χ1v) is 8.90. The standard InChI is InChI=1S/C22H22N4O2/c1-14-7-8-17(11-15(14)2)22(28)26-21-10-9-20(13-23-21)25-19-6-4-5-18(12-19)24-16(3)27/h4-13,25H,1-3H3,(H,24,27)(H,23,26,28). The molecule has 0 unspecified atom stereocenters. The van der Waals surface area contributed by atoms with Crippen LogP contribution in [0, 0.1) is 13.8 Å². The zero-order valence-electron chi connectivity index (χ0n) is 16.0. The highest BCUT2D eigenvalue weighted by Gasteiger charge is 2.08. The first kappa shape index (κ1) is 19.1. The predicted molar refractivity (Wildman–Crippen MR) is 112 cm³/mol. The van der Waals surface area contributed by atoms with Gasteiger partial charge in [0.2, 0.25) is 5.91 Å². The second-order valence-corrected chi connectivity index (χ2v) is 6.57. The molecular weight excluding hydrogens is 352 g/mol. The van der Waals surface area contributed by atoms with Gasteiger partial charge in [0.15, 0.2) is 0 Å². The number of amides is 2. The van der Waals surface area contributed by atoms with Gasteiger partial charge in [-0.15, -0.1) is 0 Å². The van der Waals surface area contributed by atoms with Crippen molar-refractivity contribution in [3.05, 3.63) is 77.5 Å². The second-order valence-electron chi connectivity index (χ2n) is 6.57. The average Bonchev–Trinajstić information content (AvgIpc) is 2.65. The summed E-state index contributed by atoms with van der Waals surface area (Å²) in [5.41, 5.74) is 5.11. The van der Waals surface area contributed by atoms with Gasteiger partial charge >= 0.3 is 0 Å². The van der Waals surface area contributed by atoms with E-state index in [9.17, 15) is 9.59 Å². The molecule has 0 aliphatic heterocycles. The summed E-state index contributed by atoms with van der Waals surface area (Å²) in [6, 6.07) is 16.5. The highest BCUT2D eigenvalue weighted by atomic mass is 16.2. The van der Waals surface area contributed by atoms with Crippen molar-refractivity contribution in [2.75, 3.05) is 16.0 Å². The van der Waals surface area contributed by atoms with E-state index in [1.165, 1.54) is 6.92 Å². The molecule has 0 saturated carbocycles. The Morgan fingerprint density at radius 3 is 2.29 bits per heavy atom. The van der Waals surface area contributed by atoms with Crippen molar-refractivity contribution in [3.8, 4) is 0 Å². The zero-order chi connectivity index (χ0) is 20.1. The number of carbonyl (C=O) groups excluding carboxylic acids is 2. The van der Waals surface area contributed by atoms with Crippen molar-refractivity contribution in [1.29, 1.82) is 0 Å². The van der Waals surface area contributed by atoms with E-state index in [0.717, 1.165) is 22.5 Å². The van der Waals surface area contributed by atoms with Crippen LogP contribution in [0.2, 0.25) is 0 Å². The lowest BCUT2D eigenvalue weighted by Gasteiger charge is -2.10. The molecular formula is C22H22N4O2. The fraction of sp³-hybridized carbons (Fsp3) is 0.136. The van der Waals surface area contributed by atoms with Crippen molar-refractivity contribution in [2.24, 2.45) is 0 Å². The summed E-state index contributed by atoms with van der Waals surface area (Å²) < 4.78 is 0. The van der Waals surface area contributed by atoms with Gasteiger partial charge in [0.05, 0.1) is 11.9 Å². The lowest BCUT2D eigenvalue weighted by molar-refractivity contribution is -0.114. The van der Waals surface area contributed by atoms with E-state index in [0.29, 0.717) is 17.1 Å². The third kappa shape index (κ3) is 4.94. The van der Waals surface area contributed by atoms with Crippen molar-refractivity contribution in [2.45, 2.75) is 20.8 Å². The average molecular weight is 374 g/mol. The fourth-order valence-electron chi connectivity index (χ4n) is 2.66. The molecule has 0 spiro atoms. The maximum Gasteiger partial charge on any atom is 0.256 e. The number of benzene rings is 2. The molecule has 6 nitrogen and oxygen atoms in total. The molecule has 0 saturated heterocycles. The number of carbonyl (C=O) groups is 2. The molecule has 0 radical (unpaired) electrons. The SMILES string of the molecule is CC(=O)Nc1cccc(Nc2ccc(NC(=O)c3ccc(C)c(C)c3)nc2)c1. The summed E-state index contributed by atoms with van der Waals surface area (Å²) in [6.45, 7) is 5.46. The molecule has 2 amide bonds. The molecule has 0 aliphatic carbocycles. The number of nitrogens with one attached hydrogen (secondary N) is 3. The van der Waals surface area contributed by atoms with Gasteiger partial charge in [-0.25, -0.2) is 4.98 Å². The number of aromatic nitrogens is 1. The Morgan fingerprint density at radius 2 is 1.61 bits per heavy atom.